The fraction of sp³-hybridized carbons (Fsp3) is 0.250. The normalized spacial score (nSPS) is 28.7. The van der Waals surface area contributed by atoms with Crippen molar-refractivity contribution < 1.29 is 14.0 Å². The van der Waals surface area contributed by atoms with Crippen molar-refractivity contribution in [1.29, 1.82) is 0 Å². The zero-order valence-electron chi connectivity index (χ0n) is 14.0. The number of hydrazone groups is 1. The maximum absolute atomic E-state index is 12.6. The Labute approximate surface area is 165 Å². The Balaban J connectivity index is 1.38. The molecule has 5 nitrogen and oxygen atoms in total. The number of amides is 2. The van der Waals surface area contributed by atoms with Gasteiger partial charge in [-0.1, -0.05) is 41.4 Å². The summed E-state index contributed by atoms with van der Waals surface area (Å²) in [5.74, 6) is 0.310. The molecule has 1 aromatic heterocycles. The van der Waals surface area contributed by atoms with E-state index in [1.807, 2.05) is 0 Å². The smallest absolute Gasteiger partial charge is 0.254 e. The number of nitrogens with zero attached hydrogens (tertiary/aromatic N) is 2. The number of carbonyl (C=O) groups is 2. The number of rotatable bonds is 3. The summed E-state index contributed by atoms with van der Waals surface area (Å²) in [6, 6.07) is 8.72. The molecule has 7 heteroatoms. The Morgan fingerprint density at radius 3 is 2.44 bits per heavy atom. The molecule has 2 aliphatic carbocycles. The van der Waals surface area contributed by atoms with Crippen LogP contribution in [0.2, 0.25) is 10.0 Å². The lowest BCUT2D eigenvalue weighted by Crippen LogP contribution is -2.28. The van der Waals surface area contributed by atoms with Crippen molar-refractivity contribution in [3.63, 3.8) is 0 Å². The van der Waals surface area contributed by atoms with Gasteiger partial charge in [-0.3, -0.25) is 9.59 Å². The lowest BCUT2D eigenvalue weighted by Gasteiger charge is -2.13. The minimum absolute atomic E-state index is 0.164. The zero-order valence-corrected chi connectivity index (χ0v) is 15.5. The highest BCUT2D eigenvalue weighted by Gasteiger charge is 2.59. The Bertz CT molecular complexity index is 996. The SMILES string of the molecule is O=C1C2C3C=CC(C3)C2C(=O)N1N=Cc1ccc(-c2cccc(Cl)c2Cl)o1. The lowest BCUT2D eigenvalue weighted by atomic mass is 9.85. The first-order valence-electron chi connectivity index (χ1n) is 8.69. The van der Waals surface area contributed by atoms with E-state index in [4.69, 9.17) is 27.6 Å². The minimum atomic E-state index is -0.262. The molecule has 5 rings (SSSR count). The molecule has 0 spiro atoms. The number of carbonyl (C=O) groups excluding carboxylic acids is 2. The van der Waals surface area contributed by atoms with Crippen molar-refractivity contribution in [1.82, 2.24) is 5.01 Å². The molecule has 2 aromatic rings. The molecule has 1 saturated carbocycles. The standard InChI is InChI=1S/C20H14Cl2N2O3/c21-14-3-1-2-13(18(14)22)15-7-6-12(27-15)9-23-24-19(25)16-10-4-5-11(8-10)17(16)20(24)26/h1-7,9-11,16-17H,8H2. The summed E-state index contributed by atoms with van der Waals surface area (Å²) in [7, 11) is 0. The largest absolute Gasteiger partial charge is 0.455 e. The predicted molar refractivity (Wildman–Crippen MR) is 101 cm³/mol. The monoisotopic (exact) mass is 400 g/mol. The van der Waals surface area contributed by atoms with Crippen molar-refractivity contribution in [2.75, 3.05) is 0 Å². The Hall–Kier alpha value is -2.37. The topological polar surface area (TPSA) is 62.9 Å². The van der Waals surface area contributed by atoms with Crippen LogP contribution in [-0.2, 0) is 9.59 Å². The molecule has 0 radical (unpaired) electrons. The van der Waals surface area contributed by atoms with Gasteiger partial charge < -0.3 is 4.42 Å². The third-order valence-corrected chi connectivity index (χ3v) is 6.41. The van der Waals surface area contributed by atoms with Gasteiger partial charge in [0.05, 0.1) is 28.1 Å². The fourth-order valence-corrected chi connectivity index (χ4v) is 4.77. The number of fused-ring (bicyclic) bond motifs is 5. The number of benzene rings is 1. The van der Waals surface area contributed by atoms with Crippen LogP contribution in [0.3, 0.4) is 0 Å². The van der Waals surface area contributed by atoms with E-state index in [1.165, 1.54) is 6.21 Å². The lowest BCUT2D eigenvalue weighted by molar-refractivity contribution is -0.140. The Morgan fingerprint density at radius 1 is 1.04 bits per heavy atom. The third kappa shape index (κ3) is 2.49. The quantitative estimate of drug-likeness (QED) is 0.435. The van der Waals surface area contributed by atoms with E-state index in [1.54, 1.807) is 30.3 Å². The van der Waals surface area contributed by atoms with E-state index in [2.05, 4.69) is 17.3 Å². The van der Waals surface area contributed by atoms with Crippen molar-refractivity contribution in [2.24, 2.45) is 28.8 Å². The third-order valence-electron chi connectivity index (χ3n) is 5.59. The van der Waals surface area contributed by atoms with Crippen LogP contribution in [0.15, 0.2) is 52.0 Å². The molecular weight excluding hydrogens is 387 g/mol. The second-order valence-corrected chi connectivity index (χ2v) is 7.82. The predicted octanol–water partition coefficient (Wildman–Crippen LogP) is 4.39. The van der Waals surface area contributed by atoms with Crippen LogP contribution in [-0.4, -0.2) is 23.0 Å². The highest BCUT2D eigenvalue weighted by molar-refractivity contribution is 6.43. The number of furan rings is 1. The molecule has 4 unspecified atom stereocenters. The molecule has 1 aliphatic heterocycles. The first-order valence-corrected chi connectivity index (χ1v) is 9.44. The molecule has 1 aromatic carbocycles. The van der Waals surface area contributed by atoms with Crippen LogP contribution in [0.5, 0.6) is 0 Å². The second kappa shape index (κ2) is 6.08. The van der Waals surface area contributed by atoms with Crippen molar-refractivity contribution in [2.45, 2.75) is 6.42 Å². The summed E-state index contributed by atoms with van der Waals surface area (Å²) in [6.45, 7) is 0. The van der Waals surface area contributed by atoms with Crippen LogP contribution >= 0.6 is 23.2 Å². The van der Waals surface area contributed by atoms with Gasteiger partial charge in [0.2, 0.25) is 0 Å². The van der Waals surface area contributed by atoms with Crippen molar-refractivity contribution in [3.05, 3.63) is 58.3 Å². The van der Waals surface area contributed by atoms with Crippen LogP contribution in [0.4, 0.5) is 0 Å². The number of hydrogen-bond donors (Lipinski definition) is 0. The van der Waals surface area contributed by atoms with Gasteiger partial charge in [-0.05, 0) is 42.5 Å². The molecule has 136 valence electrons. The molecule has 2 heterocycles. The highest BCUT2D eigenvalue weighted by atomic mass is 35.5. The van der Waals surface area contributed by atoms with E-state index >= 15 is 0 Å². The maximum atomic E-state index is 12.6. The van der Waals surface area contributed by atoms with Crippen LogP contribution < -0.4 is 0 Å². The van der Waals surface area contributed by atoms with Gasteiger partial charge in [-0.2, -0.15) is 10.1 Å². The maximum Gasteiger partial charge on any atom is 0.254 e. The van der Waals surface area contributed by atoms with Gasteiger partial charge in [-0.15, -0.1) is 0 Å². The average molecular weight is 401 g/mol. The molecule has 27 heavy (non-hydrogen) atoms. The summed E-state index contributed by atoms with van der Waals surface area (Å²) >= 11 is 12.3. The van der Waals surface area contributed by atoms with Crippen molar-refractivity contribution in [3.8, 4) is 11.3 Å². The molecule has 1 saturated heterocycles. The molecular formula is C20H14Cl2N2O3. The van der Waals surface area contributed by atoms with E-state index in [0.29, 0.717) is 27.1 Å². The minimum Gasteiger partial charge on any atom is -0.455 e. The number of halogens is 2. The van der Waals surface area contributed by atoms with Gasteiger partial charge in [0.15, 0.2) is 0 Å². The summed E-state index contributed by atoms with van der Waals surface area (Å²) in [5.41, 5.74) is 0.661. The van der Waals surface area contributed by atoms with Crippen LogP contribution in [0.25, 0.3) is 11.3 Å². The van der Waals surface area contributed by atoms with Crippen LogP contribution in [0, 0.1) is 23.7 Å². The summed E-state index contributed by atoms with van der Waals surface area (Å²) in [5, 5.41) is 5.94. The molecule has 3 aliphatic rings. The van der Waals surface area contributed by atoms with Gasteiger partial charge >= 0.3 is 0 Å². The molecule has 2 amide bonds. The fourth-order valence-electron chi connectivity index (χ4n) is 4.38. The van der Waals surface area contributed by atoms with Gasteiger partial charge in [0, 0.05) is 5.56 Å². The number of imide groups is 1. The van der Waals surface area contributed by atoms with E-state index in [9.17, 15) is 9.59 Å². The summed E-state index contributed by atoms with van der Waals surface area (Å²) in [6.07, 6.45) is 6.38. The van der Waals surface area contributed by atoms with E-state index in [0.717, 1.165) is 11.4 Å². The molecule has 4 atom stereocenters. The number of hydrogen-bond acceptors (Lipinski definition) is 4. The zero-order chi connectivity index (χ0) is 18.7. The van der Waals surface area contributed by atoms with Gasteiger partial charge in [-0.25, -0.2) is 0 Å². The summed E-state index contributed by atoms with van der Waals surface area (Å²) < 4.78 is 5.73. The van der Waals surface area contributed by atoms with Gasteiger partial charge in [0.1, 0.15) is 11.5 Å². The first-order chi connectivity index (χ1) is 13.0. The molecule has 0 N–H and O–H groups in total. The second-order valence-electron chi connectivity index (χ2n) is 7.04. The summed E-state index contributed by atoms with van der Waals surface area (Å²) in [4.78, 5) is 25.2. The molecule has 2 fully saturated rings. The van der Waals surface area contributed by atoms with Gasteiger partial charge in [0.25, 0.3) is 11.8 Å². The van der Waals surface area contributed by atoms with Crippen molar-refractivity contribution >= 4 is 41.2 Å². The Kier molecular flexibility index (Phi) is 3.78. The first kappa shape index (κ1) is 16.8. The van der Waals surface area contributed by atoms with Crippen LogP contribution in [0.1, 0.15) is 12.2 Å². The molecule has 2 bridgehead atoms. The van der Waals surface area contributed by atoms with E-state index < -0.39 is 0 Å². The van der Waals surface area contributed by atoms with E-state index in [-0.39, 0.29) is 35.5 Å². The Morgan fingerprint density at radius 2 is 1.74 bits per heavy atom. The highest BCUT2D eigenvalue weighted by Crippen LogP contribution is 2.52. The average Bonchev–Trinajstić information content (AvgIpc) is 3.41. The number of allylic oxidation sites excluding steroid dienone is 2.